The van der Waals surface area contributed by atoms with E-state index in [1.54, 1.807) is 4.90 Å². The van der Waals surface area contributed by atoms with Crippen LogP contribution in [0.25, 0.3) is 0 Å². The maximum absolute atomic E-state index is 13.3. The third-order valence-electron chi connectivity index (χ3n) is 5.18. The van der Waals surface area contributed by atoms with Crippen LogP contribution in [0.1, 0.15) is 54.1 Å². The molecule has 1 aliphatic rings. The second kappa shape index (κ2) is 8.51. The highest BCUT2D eigenvalue weighted by molar-refractivity contribution is 5.99. The summed E-state index contributed by atoms with van der Waals surface area (Å²) in [6.07, 6.45) is 1.80. The minimum Gasteiger partial charge on any atom is -0.493 e. The van der Waals surface area contributed by atoms with Crippen molar-refractivity contribution in [2.24, 2.45) is 0 Å². The van der Waals surface area contributed by atoms with Gasteiger partial charge in [-0.05, 0) is 29.9 Å². The van der Waals surface area contributed by atoms with Gasteiger partial charge in [-0.1, -0.05) is 38.1 Å². The normalized spacial score (nSPS) is 13.3. The summed E-state index contributed by atoms with van der Waals surface area (Å²) in [5, 5.41) is 11.6. The van der Waals surface area contributed by atoms with E-state index < -0.39 is 4.92 Å². The number of carbonyl (C=O) groups is 1. The highest BCUT2D eigenvalue weighted by Crippen LogP contribution is 2.37. The third-order valence-corrected chi connectivity index (χ3v) is 5.18. The Kier molecular flexibility index (Phi) is 6.06. The highest BCUT2D eigenvalue weighted by Gasteiger charge is 2.36. The number of rotatable bonds is 8. The van der Waals surface area contributed by atoms with Gasteiger partial charge in [-0.2, -0.15) is 0 Å². The monoisotopic (exact) mass is 398 g/mol. The van der Waals surface area contributed by atoms with Gasteiger partial charge in [0, 0.05) is 18.7 Å². The Morgan fingerprint density at radius 3 is 2.21 bits per heavy atom. The van der Waals surface area contributed by atoms with E-state index in [9.17, 15) is 14.9 Å². The van der Waals surface area contributed by atoms with E-state index in [4.69, 9.17) is 9.47 Å². The molecule has 2 aromatic rings. The van der Waals surface area contributed by atoms with E-state index in [1.807, 2.05) is 12.1 Å². The number of nitro benzene ring substituents is 1. The summed E-state index contributed by atoms with van der Waals surface area (Å²) < 4.78 is 10.4. The molecule has 0 aliphatic heterocycles. The van der Waals surface area contributed by atoms with Crippen LogP contribution in [-0.4, -0.2) is 36.0 Å². The number of benzene rings is 2. The van der Waals surface area contributed by atoms with Crippen molar-refractivity contribution in [1.29, 1.82) is 0 Å². The maximum atomic E-state index is 13.3. The molecule has 3 rings (SSSR count). The van der Waals surface area contributed by atoms with Crippen LogP contribution in [0.3, 0.4) is 0 Å². The minimum atomic E-state index is -0.558. The van der Waals surface area contributed by atoms with Gasteiger partial charge in [0.05, 0.1) is 25.2 Å². The van der Waals surface area contributed by atoms with E-state index in [1.165, 1.54) is 31.9 Å². The Morgan fingerprint density at radius 1 is 1.14 bits per heavy atom. The number of hydrogen-bond acceptors (Lipinski definition) is 5. The molecule has 154 valence electrons. The van der Waals surface area contributed by atoms with Crippen molar-refractivity contribution in [2.45, 2.75) is 45.2 Å². The fraction of sp³-hybridized carbons (Fsp3) is 0.409. The molecule has 7 heteroatoms. The molecule has 1 aliphatic carbocycles. The van der Waals surface area contributed by atoms with Crippen LogP contribution in [-0.2, 0) is 6.54 Å². The van der Waals surface area contributed by atoms with Crippen LogP contribution < -0.4 is 9.47 Å². The zero-order valence-electron chi connectivity index (χ0n) is 17.2. The molecular weight excluding hydrogens is 372 g/mol. The fourth-order valence-electron chi connectivity index (χ4n) is 3.30. The summed E-state index contributed by atoms with van der Waals surface area (Å²) in [5.41, 5.74) is 1.96. The quantitative estimate of drug-likeness (QED) is 0.482. The Balaban J connectivity index is 1.94. The number of amides is 1. The lowest BCUT2D eigenvalue weighted by Gasteiger charge is -2.23. The Bertz CT molecular complexity index is 904. The van der Waals surface area contributed by atoms with E-state index in [2.05, 4.69) is 26.0 Å². The van der Waals surface area contributed by atoms with Gasteiger partial charge in [-0.15, -0.1) is 0 Å². The number of ether oxygens (including phenoxy) is 2. The van der Waals surface area contributed by atoms with E-state index in [0.29, 0.717) is 18.2 Å². The van der Waals surface area contributed by atoms with Crippen molar-refractivity contribution in [2.75, 3.05) is 14.2 Å². The Hall–Kier alpha value is -3.09. The minimum absolute atomic E-state index is 0.0124. The summed E-state index contributed by atoms with van der Waals surface area (Å²) in [4.78, 5) is 26.1. The summed E-state index contributed by atoms with van der Waals surface area (Å²) in [6, 6.07) is 10.9. The first-order valence-electron chi connectivity index (χ1n) is 9.66. The molecule has 1 amide bonds. The molecule has 1 saturated carbocycles. The topological polar surface area (TPSA) is 81.9 Å². The van der Waals surface area contributed by atoms with Crippen molar-refractivity contribution in [3.05, 3.63) is 63.2 Å². The molecule has 0 spiro atoms. The van der Waals surface area contributed by atoms with Gasteiger partial charge in [-0.25, -0.2) is 0 Å². The number of carbonyl (C=O) groups excluding carboxylic acids is 1. The fourth-order valence-corrected chi connectivity index (χ4v) is 3.30. The second-order valence-corrected chi connectivity index (χ2v) is 7.54. The molecule has 0 heterocycles. The smallest absolute Gasteiger partial charge is 0.286 e. The first-order valence-corrected chi connectivity index (χ1v) is 9.66. The molecule has 7 nitrogen and oxygen atoms in total. The van der Waals surface area contributed by atoms with Crippen molar-refractivity contribution in [1.82, 2.24) is 4.90 Å². The molecular formula is C22H26N2O5. The maximum Gasteiger partial charge on any atom is 0.286 e. The summed E-state index contributed by atoms with van der Waals surface area (Å²) in [7, 11) is 2.84. The lowest BCUT2D eigenvalue weighted by molar-refractivity contribution is -0.385. The average molecular weight is 398 g/mol. The first kappa shape index (κ1) is 20.6. The molecule has 0 aromatic heterocycles. The zero-order valence-corrected chi connectivity index (χ0v) is 17.2. The van der Waals surface area contributed by atoms with E-state index >= 15 is 0 Å². The van der Waals surface area contributed by atoms with E-state index in [-0.39, 0.29) is 28.9 Å². The predicted octanol–water partition coefficient (Wildman–Crippen LogP) is 4.54. The Morgan fingerprint density at radius 2 is 1.72 bits per heavy atom. The highest BCUT2D eigenvalue weighted by atomic mass is 16.6. The van der Waals surface area contributed by atoms with Crippen LogP contribution in [0.15, 0.2) is 36.4 Å². The van der Waals surface area contributed by atoms with Crippen molar-refractivity contribution < 1.29 is 19.2 Å². The molecule has 0 atom stereocenters. The third kappa shape index (κ3) is 4.50. The van der Waals surface area contributed by atoms with Gasteiger partial charge in [-0.3, -0.25) is 14.9 Å². The first-order chi connectivity index (χ1) is 13.8. The van der Waals surface area contributed by atoms with Gasteiger partial charge in [0.2, 0.25) is 0 Å². The summed E-state index contributed by atoms with van der Waals surface area (Å²) in [5.74, 6) is 0.573. The van der Waals surface area contributed by atoms with Gasteiger partial charge >= 0.3 is 0 Å². The van der Waals surface area contributed by atoms with E-state index in [0.717, 1.165) is 18.4 Å². The van der Waals surface area contributed by atoms with Gasteiger partial charge in [0.1, 0.15) is 5.56 Å². The van der Waals surface area contributed by atoms with Crippen LogP contribution in [0.5, 0.6) is 11.5 Å². The molecule has 0 saturated heterocycles. The van der Waals surface area contributed by atoms with Crippen molar-refractivity contribution >= 4 is 11.6 Å². The molecule has 29 heavy (non-hydrogen) atoms. The van der Waals surface area contributed by atoms with Gasteiger partial charge in [0.15, 0.2) is 11.5 Å². The summed E-state index contributed by atoms with van der Waals surface area (Å²) in [6.45, 7) is 4.67. The van der Waals surface area contributed by atoms with Crippen molar-refractivity contribution in [3.8, 4) is 11.5 Å². The summed E-state index contributed by atoms with van der Waals surface area (Å²) >= 11 is 0. The van der Waals surface area contributed by atoms with Crippen LogP contribution in [0.2, 0.25) is 0 Å². The van der Waals surface area contributed by atoms with Gasteiger partial charge in [0.25, 0.3) is 11.6 Å². The molecule has 0 unspecified atom stereocenters. The van der Waals surface area contributed by atoms with Crippen LogP contribution in [0, 0.1) is 10.1 Å². The lowest BCUT2D eigenvalue weighted by Crippen LogP contribution is -2.33. The molecule has 2 aromatic carbocycles. The molecule has 0 bridgehead atoms. The van der Waals surface area contributed by atoms with Gasteiger partial charge < -0.3 is 14.4 Å². The standard InChI is InChI=1S/C22H26N2O5/c1-14(2)16-7-5-15(6-8-16)13-23(17-9-10-17)22(25)18-11-20(28-3)21(29-4)12-19(18)24(26)27/h5-8,11-12,14,17H,9-10,13H2,1-4H3. The zero-order chi connectivity index (χ0) is 21.1. The number of nitrogens with zero attached hydrogens (tertiary/aromatic N) is 2. The SMILES string of the molecule is COc1cc(C(=O)N(Cc2ccc(C(C)C)cc2)C2CC2)c([N+](=O)[O-])cc1OC. The van der Waals surface area contributed by atoms with Crippen molar-refractivity contribution in [3.63, 3.8) is 0 Å². The molecule has 1 fully saturated rings. The number of nitro groups is 1. The largest absolute Gasteiger partial charge is 0.493 e. The Labute approximate surface area is 170 Å². The number of hydrogen-bond donors (Lipinski definition) is 0. The number of methoxy groups -OCH3 is 2. The predicted molar refractivity (Wildman–Crippen MR) is 110 cm³/mol. The average Bonchev–Trinajstić information content (AvgIpc) is 3.55. The molecule has 0 N–H and O–H groups in total. The molecule has 0 radical (unpaired) electrons. The van der Waals surface area contributed by atoms with Crippen LogP contribution >= 0.6 is 0 Å². The second-order valence-electron chi connectivity index (χ2n) is 7.54. The van der Waals surface area contributed by atoms with Crippen LogP contribution in [0.4, 0.5) is 5.69 Å². The lowest BCUT2D eigenvalue weighted by atomic mass is 10.0.